The second-order valence-corrected chi connectivity index (χ2v) is 6.63. The first-order valence-electron chi connectivity index (χ1n) is 5.75. The smallest absolute Gasteiger partial charge is 0.265 e. The average molecular weight is 375 g/mol. The first-order chi connectivity index (χ1) is 9.85. The summed E-state index contributed by atoms with van der Waals surface area (Å²) in [6, 6.07) is 8.76. The van der Waals surface area contributed by atoms with E-state index in [0.717, 1.165) is 6.07 Å². The first-order valence-corrected chi connectivity index (χ1v) is 8.03. The molecular weight excluding hydrogens is 363 g/mol. The summed E-state index contributed by atoms with van der Waals surface area (Å²) >= 11 is 2.93. The lowest BCUT2D eigenvalue weighted by molar-refractivity contribution is 0.417. The number of anilines is 2. The lowest BCUT2D eigenvalue weighted by atomic mass is 10.3. The number of methoxy groups -OCH3 is 1. The molecule has 0 spiro atoms. The van der Waals surface area contributed by atoms with Crippen LogP contribution >= 0.6 is 15.9 Å². The molecular formula is C13H12BrFN2O3S. The monoisotopic (exact) mass is 374 g/mol. The van der Waals surface area contributed by atoms with Crippen LogP contribution in [0.1, 0.15) is 0 Å². The molecule has 0 radical (unpaired) electrons. The highest BCUT2D eigenvalue weighted by atomic mass is 79.9. The Balaban J connectivity index is 2.49. The summed E-state index contributed by atoms with van der Waals surface area (Å²) in [5.41, 5.74) is 5.90. The van der Waals surface area contributed by atoms with Crippen molar-refractivity contribution in [1.82, 2.24) is 0 Å². The van der Waals surface area contributed by atoms with Crippen LogP contribution in [-0.4, -0.2) is 15.5 Å². The molecule has 0 heterocycles. The fourth-order valence-electron chi connectivity index (χ4n) is 1.71. The molecule has 3 N–H and O–H groups in total. The molecule has 0 unspecified atom stereocenters. The lowest BCUT2D eigenvalue weighted by Gasteiger charge is -2.13. The maximum Gasteiger partial charge on any atom is 0.265 e. The third-order valence-electron chi connectivity index (χ3n) is 2.66. The van der Waals surface area contributed by atoms with E-state index in [1.165, 1.54) is 19.2 Å². The van der Waals surface area contributed by atoms with Crippen LogP contribution in [-0.2, 0) is 10.0 Å². The lowest BCUT2D eigenvalue weighted by Crippen LogP contribution is -2.15. The first kappa shape index (κ1) is 15.6. The summed E-state index contributed by atoms with van der Waals surface area (Å²) in [6.45, 7) is 0. The van der Waals surface area contributed by atoms with E-state index >= 15 is 0 Å². The Morgan fingerprint density at radius 3 is 2.62 bits per heavy atom. The normalized spacial score (nSPS) is 11.2. The van der Waals surface area contributed by atoms with Crippen LogP contribution in [0.25, 0.3) is 0 Å². The Hall–Kier alpha value is -1.80. The van der Waals surface area contributed by atoms with Gasteiger partial charge in [-0.05, 0) is 40.2 Å². The van der Waals surface area contributed by atoms with E-state index in [-0.39, 0.29) is 15.8 Å². The van der Waals surface area contributed by atoms with Gasteiger partial charge in [0.1, 0.15) is 10.6 Å². The molecule has 0 amide bonds. The molecule has 8 heteroatoms. The Morgan fingerprint density at radius 2 is 1.95 bits per heavy atom. The molecule has 0 atom stereocenters. The van der Waals surface area contributed by atoms with E-state index in [1.807, 2.05) is 0 Å². The van der Waals surface area contributed by atoms with Crippen LogP contribution in [0.15, 0.2) is 45.8 Å². The second kappa shape index (κ2) is 5.90. The van der Waals surface area contributed by atoms with Crippen molar-refractivity contribution in [3.8, 4) is 5.75 Å². The highest BCUT2D eigenvalue weighted by Gasteiger charge is 2.23. The standard InChI is InChI=1S/C13H12BrFN2O3S/c1-20-11-5-3-2-4-10(11)17-21(18,19)12-7-8(16)6-9(14)13(12)15/h2-7,17H,16H2,1H3. The number of halogens is 2. The molecule has 0 fully saturated rings. The molecule has 2 aromatic carbocycles. The highest BCUT2D eigenvalue weighted by Crippen LogP contribution is 2.30. The number of rotatable bonds is 4. The van der Waals surface area contributed by atoms with Gasteiger partial charge >= 0.3 is 0 Å². The summed E-state index contributed by atoms with van der Waals surface area (Å²) < 4.78 is 45.9. The topological polar surface area (TPSA) is 81.4 Å². The minimum absolute atomic E-state index is 0.0251. The van der Waals surface area contributed by atoms with E-state index in [2.05, 4.69) is 20.7 Å². The van der Waals surface area contributed by atoms with Crippen molar-refractivity contribution in [1.29, 1.82) is 0 Å². The van der Waals surface area contributed by atoms with Gasteiger partial charge < -0.3 is 10.5 Å². The van der Waals surface area contributed by atoms with E-state index < -0.39 is 20.7 Å². The number of benzene rings is 2. The molecule has 0 bridgehead atoms. The van der Waals surface area contributed by atoms with Gasteiger partial charge in [-0.2, -0.15) is 0 Å². The fourth-order valence-corrected chi connectivity index (χ4v) is 3.52. The Kier molecular flexibility index (Phi) is 4.38. The van der Waals surface area contributed by atoms with Crippen LogP contribution in [0.5, 0.6) is 5.75 Å². The predicted molar refractivity (Wildman–Crippen MR) is 82.3 cm³/mol. The van der Waals surface area contributed by atoms with Crippen molar-refractivity contribution in [2.45, 2.75) is 4.90 Å². The maximum atomic E-state index is 14.0. The summed E-state index contributed by atoms with van der Waals surface area (Å²) in [4.78, 5) is -0.541. The van der Waals surface area contributed by atoms with Gasteiger partial charge in [-0.25, -0.2) is 12.8 Å². The van der Waals surface area contributed by atoms with Crippen molar-refractivity contribution in [2.75, 3.05) is 17.6 Å². The molecule has 0 aliphatic heterocycles. The molecule has 0 aliphatic rings. The van der Waals surface area contributed by atoms with Gasteiger partial charge in [0.2, 0.25) is 0 Å². The molecule has 0 saturated heterocycles. The van der Waals surface area contributed by atoms with Crippen LogP contribution < -0.4 is 15.2 Å². The molecule has 0 aliphatic carbocycles. The summed E-state index contributed by atoms with van der Waals surface area (Å²) in [5.74, 6) is -0.587. The van der Waals surface area contributed by atoms with Gasteiger partial charge in [-0.15, -0.1) is 0 Å². The van der Waals surface area contributed by atoms with Gasteiger partial charge in [0.15, 0.2) is 5.82 Å². The summed E-state index contributed by atoms with van der Waals surface area (Å²) in [5, 5.41) is 0. The number of nitrogens with two attached hydrogens (primary N) is 1. The van der Waals surface area contributed by atoms with Gasteiger partial charge in [0, 0.05) is 5.69 Å². The molecule has 0 aromatic heterocycles. The van der Waals surface area contributed by atoms with Gasteiger partial charge in [-0.1, -0.05) is 12.1 Å². The van der Waals surface area contributed by atoms with Crippen LogP contribution in [0.2, 0.25) is 0 Å². The fraction of sp³-hybridized carbons (Fsp3) is 0.0769. The van der Waals surface area contributed by atoms with Crippen molar-refractivity contribution < 1.29 is 17.5 Å². The van der Waals surface area contributed by atoms with Crippen LogP contribution in [0.4, 0.5) is 15.8 Å². The SMILES string of the molecule is COc1ccccc1NS(=O)(=O)c1cc(N)cc(Br)c1F. The van der Waals surface area contributed by atoms with Crippen molar-refractivity contribution in [2.24, 2.45) is 0 Å². The second-order valence-electron chi connectivity index (χ2n) is 4.12. The number of nitrogens with one attached hydrogen (secondary N) is 1. The zero-order chi connectivity index (χ0) is 15.6. The van der Waals surface area contributed by atoms with E-state index in [1.54, 1.807) is 18.2 Å². The van der Waals surface area contributed by atoms with E-state index in [0.29, 0.717) is 5.75 Å². The molecule has 0 saturated carbocycles. The predicted octanol–water partition coefficient (Wildman–Crippen LogP) is 2.98. The highest BCUT2D eigenvalue weighted by molar-refractivity contribution is 9.10. The van der Waals surface area contributed by atoms with Gasteiger partial charge in [0.25, 0.3) is 10.0 Å². The molecule has 5 nitrogen and oxygen atoms in total. The summed E-state index contributed by atoms with van der Waals surface area (Å²) in [7, 11) is -2.73. The van der Waals surface area contributed by atoms with Crippen LogP contribution in [0, 0.1) is 5.82 Å². The summed E-state index contributed by atoms with van der Waals surface area (Å²) in [6.07, 6.45) is 0. The number of nitrogen functional groups attached to an aromatic ring is 1. The van der Waals surface area contributed by atoms with Crippen molar-refractivity contribution >= 4 is 37.3 Å². The minimum atomic E-state index is -4.14. The average Bonchev–Trinajstić information content (AvgIpc) is 2.43. The van der Waals surface area contributed by atoms with Gasteiger partial charge in [0.05, 0.1) is 17.3 Å². The molecule has 21 heavy (non-hydrogen) atoms. The molecule has 2 rings (SSSR count). The number of hydrogen-bond acceptors (Lipinski definition) is 4. The quantitative estimate of drug-likeness (QED) is 0.806. The minimum Gasteiger partial charge on any atom is -0.495 e. The number of para-hydroxylation sites is 2. The molecule has 112 valence electrons. The Labute approximate surface area is 130 Å². The number of hydrogen-bond donors (Lipinski definition) is 2. The maximum absolute atomic E-state index is 14.0. The number of sulfonamides is 1. The number of ether oxygens (including phenoxy) is 1. The van der Waals surface area contributed by atoms with Crippen LogP contribution in [0.3, 0.4) is 0 Å². The van der Waals surface area contributed by atoms with E-state index in [9.17, 15) is 12.8 Å². The zero-order valence-electron chi connectivity index (χ0n) is 10.9. The largest absolute Gasteiger partial charge is 0.495 e. The van der Waals surface area contributed by atoms with Crippen molar-refractivity contribution in [3.05, 3.63) is 46.7 Å². The molecule has 2 aromatic rings. The van der Waals surface area contributed by atoms with E-state index in [4.69, 9.17) is 10.5 Å². The third kappa shape index (κ3) is 3.27. The zero-order valence-corrected chi connectivity index (χ0v) is 13.3. The Morgan fingerprint density at radius 1 is 1.29 bits per heavy atom. The van der Waals surface area contributed by atoms with Crippen molar-refractivity contribution in [3.63, 3.8) is 0 Å². The Bertz CT molecular complexity index is 781. The third-order valence-corrected chi connectivity index (χ3v) is 4.60. The van der Waals surface area contributed by atoms with Gasteiger partial charge in [-0.3, -0.25) is 4.72 Å².